The zero-order valence-corrected chi connectivity index (χ0v) is 11.9. The molecule has 0 bridgehead atoms. The number of rotatable bonds is 4. The molecule has 1 saturated carbocycles. The van der Waals surface area contributed by atoms with E-state index in [9.17, 15) is 14.9 Å². The fraction of sp³-hybridized carbons (Fsp3) is 0.533. The van der Waals surface area contributed by atoms with Gasteiger partial charge in [0.15, 0.2) is 0 Å². The fourth-order valence-corrected chi connectivity index (χ4v) is 2.89. The zero-order valence-electron chi connectivity index (χ0n) is 11.9. The van der Waals surface area contributed by atoms with Crippen LogP contribution in [0.25, 0.3) is 0 Å². The summed E-state index contributed by atoms with van der Waals surface area (Å²) in [7, 11) is 0. The van der Waals surface area contributed by atoms with Crippen LogP contribution in [0, 0.1) is 10.1 Å². The molecule has 1 aromatic carbocycles. The van der Waals surface area contributed by atoms with Gasteiger partial charge < -0.3 is 4.90 Å². The van der Waals surface area contributed by atoms with Crippen molar-refractivity contribution in [2.24, 2.45) is 0 Å². The lowest BCUT2D eigenvalue weighted by atomic mass is 10.1. The van der Waals surface area contributed by atoms with Gasteiger partial charge in [-0.1, -0.05) is 18.2 Å². The minimum Gasteiger partial charge on any atom is -0.340 e. The first-order valence-corrected chi connectivity index (χ1v) is 7.39. The normalized spacial score (nSPS) is 19.5. The first-order chi connectivity index (χ1) is 10.1. The Morgan fingerprint density at radius 2 is 1.86 bits per heavy atom. The molecule has 2 aliphatic rings. The fourth-order valence-electron chi connectivity index (χ4n) is 2.89. The number of hydrogen-bond donors (Lipinski definition) is 0. The lowest BCUT2D eigenvalue weighted by Gasteiger charge is -2.34. The van der Waals surface area contributed by atoms with Crippen LogP contribution in [0.15, 0.2) is 24.3 Å². The van der Waals surface area contributed by atoms with Gasteiger partial charge in [-0.25, -0.2) is 0 Å². The highest BCUT2D eigenvalue weighted by Gasteiger charge is 2.32. The number of hydrogen-bond acceptors (Lipinski definition) is 4. The van der Waals surface area contributed by atoms with Crippen LogP contribution in [0.2, 0.25) is 0 Å². The smallest absolute Gasteiger partial charge is 0.273 e. The van der Waals surface area contributed by atoms with Crippen LogP contribution in [-0.4, -0.2) is 52.9 Å². The van der Waals surface area contributed by atoms with Crippen molar-refractivity contribution in [3.63, 3.8) is 0 Å². The van der Waals surface area contributed by atoms with Crippen molar-refractivity contribution in [1.82, 2.24) is 9.80 Å². The van der Waals surface area contributed by atoms with Crippen LogP contribution >= 0.6 is 0 Å². The molecule has 0 N–H and O–H groups in total. The predicted octanol–water partition coefficient (Wildman–Crippen LogP) is 1.44. The van der Waals surface area contributed by atoms with Gasteiger partial charge in [0.1, 0.15) is 0 Å². The molecular formula is C15H19N3O3. The Morgan fingerprint density at radius 3 is 2.48 bits per heavy atom. The number of piperazine rings is 1. The van der Waals surface area contributed by atoms with E-state index < -0.39 is 4.92 Å². The van der Waals surface area contributed by atoms with Crippen molar-refractivity contribution in [3.8, 4) is 0 Å². The first kappa shape index (κ1) is 14.0. The topological polar surface area (TPSA) is 66.7 Å². The summed E-state index contributed by atoms with van der Waals surface area (Å²) in [5, 5.41) is 11.0. The maximum Gasteiger partial charge on any atom is 0.273 e. The Hall–Kier alpha value is -1.95. The molecule has 21 heavy (non-hydrogen) atoms. The van der Waals surface area contributed by atoms with E-state index in [1.165, 1.54) is 18.9 Å². The van der Waals surface area contributed by atoms with Crippen LogP contribution in [0.1, 0.15) is 18.4 Å². The quantitative estimate of drug-likeness (QED) is 0.621. The summed E-state index contributed by atoms with van der Waals surface area (Å²) in [5.41, 5.74) is 0.527. The maximum absolute atomic E-state index is 12.3. The molecule has 0 spiro atoms. The molecule has 2 fully saturated rings. The minimum atomic E-state index is -0.423. The Kier molecular flexibility index (Phi) is 3.88. The molecule has 3 rings (SSSR count). The van der Waals surface area contributed by atoms with Crippen molar-refractivity contribution in [1.29, 1.82) is 0 Å². The number of carbonyl (C=O) groups is 1. The third kappa shape index (κ3) is 3.21. The maximum atomic E-state index is 12.3. The van der Waals surface area contributed by atoms with E-state index in [2.05, 4.69) is 4.90 Å². The molecule has 1 saturated heterocycles. The Labute approximate surface area is 123 Å². The SMILES string of the molecule is O=C(Cc1ccccc1[N+](=O)[O-])N1CCN(C2CC2)CC1. The van der Waals surface area contributed by atoms with Gasteiger partial charge in [0.2, 0.25) is 5.91 Å². The summed E-state index contributed by atoms with van der Waals surface area (Å²) < 4.78 is 0. The van der Waals surface area contributed by atoms with Gasteiger partial charge in [-0.05, 0) is 12.8 Å². The van der Waals surface area contributed by atoms with E-state index in [0.717, 1.165) is 32.2 Å². The molecule has 0 atom stereocenters. The third-order valence-corrected chi connectivity index (χ3v) is 4.26. The average Bonchev–Trinajstić information content (AvgIpc) is 3.32. The number of nitrogens with zero attached hydrogens (tertiary/aromatic N) is 3. The first-order valence-electron chi connectivity index (χ1n) is 7.39. The number of nitro groups is 1. The molecule has 0 aromatic heterocycles. The molecule has 6 heteroatoms. The number of nitro benzene ring substituents is 1. The largest absolute Gasteiger partial charge is 0.340 e. The summed E-state index contributed by atoms with van der Waals surface area (Å²) in [6.07, 6.45) is 2.68. The zero-order chi connectivity index (χ0) is 14.8. The lowest BCUT2D eigenvalue weighted by molar-refractivity contribution is -0.385. The Bertz CT molecular complexity index is 549. The highest BCUT2D eigenvalue weighted by Crippen LogP contribution is 2.27. The van der Waals surface area contributed by atoms with Gasteiger partial charge in [-0.2, -0.15) is 0 Å². The summed E-state index contributed by atoms with van der Waals surface area (Å²) in [6, 6.07) is 7.21. The van der Waals surface area contributed by atoms with Gasteiger partial charge in [0.05, 0.1) is 11.3 Å². The third-order valence-electron chi connectivity index (χ3n) is 4.26. The molecule has 1 aliphatic heterocycles. The van der Waals surface area contributed by atoms with E-state index in [1.54, 1.807) is 18.2 Å². The van der Waals surface area contributed by atoms with E-state index in [-0.39, 0.29) is 18.0 Å². The van der Waals surface area contributed by atoms with Gasteiger partial charge in [0, 0.05) is 43.9 Å². The summed E-state index contributed by atoms with van der Waals surface area (Å²) in [6.45, 7) is 3.31. The van der Waals surface area contributed by atoms with E-state index in [4.69, 9.17) is 0 Å². The van der Waals surface area contributed by atoms with Crippen LogP contribution < -0.4 is 0 Å². The molecule has 0 unspecified atom stereocenters. The molecule has 1 amide bonds. The lowest BCUT2D eigenvalue weighted by Crippen LogP contribution is -2.49. The highest BCUT2D eigenvalue weighted by molar-refractivity contribution is 5.80. The van der Waals surface area contributed by atoms with Gasteiger partial charge in [0.25, 0.3) is 5.69 Å². The second kappa shape index (κ2) is 5.81. The molecule has 6 nitrogen and oxygen atoms in total. The monoisotopic (exact) mass is 289 g/mol. The minimum absolute atomic E-state index is 0.0141. The van der Waals surface area contributed by atoms with Crippen molar-refractivity contribution >= 4 is 11.6 Å². The van der Waals surface area contributed by atoms with E-state index >= 15 is 0 Å². The number of benzene rings is 1. The summed E-state index contributed by atoms with van der Waals surface area (Å²) >= 11 is 0. The van der Waals surface area contributed by atoms with E-state index in [1.807, 2.05) is 4.90 Å². The highest BCUT2D eigenvalue weighted by atomic mass is 16.6. The van der Waals surface area contributed by atoms with Gasteiger partial charge in [-0.15, -0.1) is 0 Å². The second-order valence-electron chi connectivity index (χ2n) is 5.71. The van der Waals surface area contributed by atoms with Crippen LogP contribution in [-0.2, 0) is 11.2 Å². The molecule has 1 aromatic rings. The van der Waals surface area contributed by atoms with Crippen molar-refractivity contribution in [2.75, 3.05) is 26.2 Å². The van der Waals surface area contributed by atoms with Crippen molar-refractivity contribution in [3.05, 3.63) is 39.9 Å². The van der Waals surface area contributed by atoms with Crippen LogP contribution in [0.3, 0.4) is 0 Å². The number of para-hydroxylation sites is 1. The Morgan fingerprint density at radius 1 is 1.19 bits per heavy atom. The van der Waals surface area contributed by atoms with Crippen molar-refractivity contribution in [2.45, 2.75) is 25.3 Å². The molecular weight excluding hydrogens is 270 g/mol. The van der Waals surface area contributed by atoms with Gasteiger partial charge in [-0.3, -0.25) is 19.8 Å². The second-order valence-corrected chi connectivity index (χ2v) is 5.71. The number of carbonyl (C=O) groups excluding carboxylic acids is 1. The van der Waals surface area contributed by atoms with Crippen molar-refractivity contribution < 1.29 is 9.72 Å². The number of amides is 1. The Balaban J connectivity index is 1.60. The molecule has 1 aliphatic carbocycles. The summed E-state index contributed by atoms with van der Waals surface area (Å²) in [5.74, 6) is -0.0141. The van der Waals surface area contributed by atoms with Gasteiger partial charge >= 0.3 is 0 Å². The average molecular weight is 289 g/mol. The summed E-state index contributed by atoms with van der Waals surface area (Å²) in [4.78, 5) is 27.1. The van der Waals surface area contributed by atoms with E-state index in [0.29, 0.717) is 5.56 Å². The molecule has 1 heterocycles. The van der Waals surface area contributed by atoms with Crippen LogP contribution in [0.4, 0.5) is 5.69 Å². The standard InChI is InChI=1S/C15H19N3O3/c19-15(11-12-3-1-2-4-14(12)18(20)21)17-9-7-16(8-10-17)13-5-6-13/h1-4,13H,5-11H2. The van der Waals surface area contributed by atoms with Crippen LogP contribution in [0.5, 0.6) is 0 Å². The predicted molar refractivity (Wildman–Crippen MR) is 78.0 cm³/mol. The molecule has 112 valence electrons. The molecule has 0 radical (unpaired) electrons.